The topological polar surface area (TPSA) is 255 Å². The molecule has 0 saturated carbocycles. The molecular formula is C48H54Cl3N15O3. The number of nitrogens with one attached hydrogen (secondary N) is 6. The summed E-state index contributed by atoms with van der Waals surface area (Å²) in [4.78, 5) is 39.2. The molecular weight excluding hydrogens is 941 g/mol. The third kappa shape index (κ3) is 8.78. The fraction of sp³-hybridized carbons (Fsp3) is 0.375. The number of nitrogens with two attached hydrogens (primary N) is 3. The van der Waals surface area contributed by atoms with Gasteiger partial charge in [0.05, 0.1) is 67.0 Å². The van der Waals surface area contributed by atoms with E-state index in [1.54, 1.807) is 0 Å². The number of hydrogen-bond donors (Lipinski definition) is 9. The molecule has 0 radical (unpaired) electrons. The van der Waals surface area contributed by atoms with Crippen LogP contribution in [-0.4, -0.2) is 86.3 Å². The first-order valence-electron chi connectivity index (χ1n) is 23.4. The van der Waals surface area contributed by atoms with Crippen molar-refractivity contribution >= 4 is 87.0 Å². The van der Waals surface area contributed by atoms with Gasteiger partial charge in [0.2, 0.25) is 0 Å². The maximum atomic E-state index is 13.1. The Morgan fingerprint density at radius 1 is 0.493 bits per heavy atom. The fourth-order valence-electron chi connectivity index (χ4n) is 10.3. The Labute approximate surface area is 413 Å². The Bertz CT molecular complexity index is 2850. The van der Waals surface area contributed by atoms with Gasteiger partial charge in [-0.25, -0.2) is 4.68 Å². The number of carbonyl (C=O) groups excluding carboxylic acids is 3. The van der Waals surface area contributed by atoms with Crippen LogP contribution in [0.2, 0.25) is 15.1 Å². The summed E-state index contributed by atoms with van der Waals surface area (Å²) in [6.07, 6.45) is 4.55. The Kier molecular flexibility index (Phi) is 13.3. The molecule has 0 amide bonds. The first-order valence-corrected chi connectivity index (χ1v) is 24.5. The summed E-state index contributed by atoms with van der Waals surface area (Å²) in [6, 6.07) is 16.9. The van der Waals surface area contributed by atoms with Crippen molar-refractivity contribution in [3.8, 4) is 0 Å². The highest BCUT2D eigenvalue weighted by atomic mass is 35.5. The molecule has 12 N–H and O–H groups in total. The van der Waals surface area contributed by atoms with Crippen LogP contribution in [0.15, 0.2) is 54.6 Å². The minimum absolute atomic E-state index is 0.0355. The van der Waals surface area contributed by atoms with Gasteiger partial charge in [-0.3, -0.25) is 14.4 Å². The van der Waals surface area contributed by atoms with Crippen molar-refractivity contribution in [3.05, 3.63) is 120 Å². The summed E-state index contributed by atoms with van der Waals surface area (Å²) in [7, 11) is 0. The fourth-order valence-corrected chi connectivity index (χ4v) is 11.1. The van der Waals surface area contributed by atoms with Crippen LogP contribution in [0.5, 0.6) is 0 Å². The zero-order chi connectivity index (χ0) is 47.9. The largest absolute Gasteiger partial charge is 0.384 e. The van der Waals surface area contributed by atoms with Crippen LogP contribution in [0.25, 0.3) is 0 Å². The van der Waals surface area contributed by atoms with E-state index in [-0.39, 0.29) is 35.5 Å². The first-order chi connectivity index (χ1) is 33.5. The average Bonchev–Trinajstić information content (AvgIpc) is 4.03. The van der Waals surface area contributed by atoms with Gasteiger partial charge < -0.3 is 49.1 Å². The SMILES string of the molecule is Nc1c2c(nn1C(=O)C1CCNc3c(Cl)cccc31)CNCC2.Nc1c2c(nn1C(=O)[C@H]1CCNc3c(Cl)cccc31)CNCC2.Nc1nn(C(=O)C2CCNc3c(Cl)cccc32)c2c1CCNC2. The third-order valence-electron chi connectivity index (χ3n) is 13.9. The molecule has 69 heavy (non-hydrogen) atoms. The molecule has 6 aliphatic rings. The highest BCUT2D eigenvalue weighted by Gasteiger charge is 2.35. The third-order valence-corrected chi connectivity index (χ3v) is 14.8. The van der Waals surface area contributed by atoms with E-state index in [1.165, 1.54) is 14.0 Å². The van der Waals surface area contributed by atoms with Crippen molar-refractivity contribution < 1.29 is 14.4 Å². The molecule has 0 fully saturated rings. The van der Waals surface area contributed by atoms with Gasteiger partial charge in [-0.05, 0) is 93.0 Å². The number of nitrogen functional groups attached to an aromatic ring is 3. The molecule has 3 atom stereocenters. The summed E-state index contributed by atoms with van der Waals surface area (Å²) in [6.45, 7) is 6.66. The van der Waals surface area contributed by atoms with Gasteiger partial charge in [-0.2, -0.15) is 19.6 Å². The monoisotopic (exact) mass is 993 g/mol. The lowest BCUT2D eigenvalue weighted by atomic mass is 9.90. The Balaban J connectivity index is 0.000000120. The number of rotatable bonds is 3. The zero-order valence-electron chi connectivity index (χ0n) is 37.8. The van der Waals surface area contributed by atoms with E-state index in [1.807, 2.05) is 54.6 Å². The second-order valence-corrected chi connectivity index (χ2v) is 19.1. The summed E-state index contributed by atoms with van der Waals surface area (Å²) >= 11 is 18.7. The number of carbonyl (C=O) groups is 3. The molecule has 6 aromatic rings. The molecule has 0 bridgehead atoms. The predicted molar refractivity (Wildman–Crippen MR) is 270 cm³/mol. The van der Waals surface area contributed by atoms with E-state index < -0.39 is 0 Å². The number of benzene rings is 3. The number of hydrogen-bond acceptors (Lipinski definition) is 15. The summed E-state index contributed by atoms with van der Waals surface area (Å²) in [5.41, 5.74) is 29.3. The molecule has 0 saturated heterocycles. The zero-order valence-corrected chi connectivity index (χ0v) is 40.1. The van der Waals surface area contributed by atoms with Crippen molar-refractivity contribution in [2.24, 2.45) is 0 Å². The summed E-state index contributed by atoms with van der Waals surface area (Å²) in [5.74, 6) is 0.422. The average molecular weight is 995 g/mol. The second kappa shape index (κ2) is 19.7. The van der Waals surface area contributed by atoms with Gasteiger partial charge in [0.15, 0.2) is 0 Å². The van der Waals surface area contributed by atoms with E-state index in [0.717, 1.165) is 106 Å². The summed E-state index contributed by atoms with van der Waals surface area (Å²) < 4.78 is 4.27. The van der Waals surface area contributed by atoms with Crippen LogP contribution >= 0.6 is 34.8 Å². The lowest BCUT2D eigenvalue weighted by Gasteiger charge is -2.27. The number of halogens is 3. The van der Waals surface area contributed by atoms with Crippen LogP contribution in [0.4, 0.5) is 34.5 Å². The van der Waals surface area contributed by atoms with Crippen LogP contribution < -0.4 is 49.1 Å². The molecule has 3 aromatic heterocycles. The molecule has 3 aromatic carbocycles. The van der Waals surface area contributed by atoms with Gasteiger partial charge in [-0.15, -0.1) is 5.10 Å². The number of para-hydroxylation sites is 3. The molecule has 21 heteroatoms. The van der Waals surface area contributed by atoms with E-state index in [0.29, 0.717) is 91.1 Å². The highest BCUT2D eigenvalue weighted by molar-refractivity contribution is 6.34. The van der Waals surface area contributed by atoms with Crippen LogP contribution in [0, 0.1) is 0 Å². The molecule has 360 valence electrons. The van der Waals surface area contributed by atoms with Crippen molar-refractivity contribution in [2.45, 2.75) is 75.9 Å². The smallest absolute Gasteiger partial charge is 0.256 e. The molecule has 2 unspecified atom stereocenters. The van der Waals surface area contributed by atoms with Crippen molar-refractivity contribution in [2.75, 3.05) is 72.4 Å². The molecule has 18 nitrogen and oxygen atoms in total. The lowest BCUT2D eigenvalue weighted by Crippen LogP contribution is -2.31. The Morgan fingerprint density at radius 3 is 1.28 bits per heavy atom. The van der Waals surface area contributed by atoms with Crippen molar-refractivity contribution in [1.29, 1.82) is 0 Å². The second-order valence-electron chi connectivity index (χ2n) is 17.9. The predicted octanol–water partition coefficient (Wildman–Crippen LogP) is 6.01. The quantitative estimate of drug-likeness (QED) is 0.0984. The Hall–Kier alpha value is -6.15. The van der Waals surface area contributed by atoms with Gasteiger partial charge in [-0.1, -0.05) is 71.2 Å². The highest BCUT2D eigenvalue weighted by Crippen LogP contribution is 2.41. The summed E-state index contributed by atoms with van der Waals surface area (Å²) in [5, 5.41) is 34.7. The minimum Gasteiger partial charge on any atom is -0.384 e. The van der Waals surface area contributed by atoms with Gasteiger partial charge in [0, 0.05) is 56.0 Å². The van der Waals surface area contributed by atoms with Crippen LogP contribution in [-0.2, 0) is 38.9 Å². The number of fused-ring (bicyclic) bond motifs is 6. The molecule has 6 aliphatic heterocycles. The van der Waals surface area contributed by atoms with Crippen molar-refractivity contribution in [3.63, 3.8) is 0 Å². The van der Waals surface area contributed by atoms with Gasteiger partial charge >= 0.3 is 0 Å². The Morgan fingerprint density at radius 2 is 0.870 bits per heavy atom. The number of aromatic nitrogens is 6. The van der Waals surface area contributed by atoms with Crippen LogP contribution in [0.3, 0.4) is 0 Å². The van der Waals surface area contributed by atoms with Gasteiger partial charge in [0.1, 0.15) is 17.5 Å². The molecule has 0 aliphatic carbocycles. The minimum atomic E-state index is -0.276. The van der Waals surface area contributed by atoms with Crippen LogP contribution in [0.1, 0.15) is 102 Å². The van der Waals surface area contributed by atoms with E-state index in [9.17, 15) is 14.4 Å². The number of nitrogens with zero attached hydrogens (tertiary/aromatic N) is 6. The standard InChI is InChI=1S/3C16H18ClN5O/c17-12-3-1-2-9-10(5-7-20-14(9)12)16(23)22-13-8-19-6-4-11(13)15(18)21-22;2*17-12-3-1-2-9-10(5-7-20-14(9)12)16(23)22-15(18)11-4-6-19-8-13(11)21-22/h1-3,10,19-20H,4-8H2,(H2,18,21);2*1-3,10,19-20H,4-8,18H2/t;10-;/m.0./s1. The maximum absolute atomic E-state index is 13.1. The van der Waals surface area contributed by atoms with E-state index in [2.05, 4.69) is 47.2 Å². The molecule has 0 spiro atoms. The number of anilines is 6. The van der Waals surface area contributed by atoms with E-state index in [4.69, 9.17) is 52.0 Å². The molecule has 12 rings (SSSR count). The first kappa shape index (κ1) is 46.6. The van der Waals surface area contributed by atoms with E-state index >= 15 is 0 Å². The maximum Gasteiger partial charge on any atom is 0.256 e. The normalized spacial score (nSPS) is 19.6. The molecule has 9 heterocycles. The lowest BCUT2D eigenvalue weighted by molar-refractivity contribution is 0.0846. The van der Waals surface area contributed by atoms with Gasteiger partial charge in [0.25, 0.3) is 17.7 Å². The van der Waals surface area contributed by atoms with Crippen molar-refractivity contribution in [1.82, 2.24) is 45.3 Å².